The number of nitrogens with zero attached hydrogens (tertiary/aromatic N) is 1. The SMILES string of the molecule is CN(C(=O)c1cccs1)c1ccccc1C(=O)N[C@H]1CCCNC1.Cl. The van der Waals surface area contributed by atoms with Crippen LogP contribution in [0.5, 0.6) is 0 Å². The van der Waals surface area contributed by atoms with Crippen LogP contribution in [0.4, 0.5) is 5.69 Å². The second-order valence-electron chi connectivity index (χ2n) is 5.88. The molecular formula is C18H22ClN3O2S. The van der Waals surface area contributed by atoms with Gasteiger partial charge in [0.25, 0.3) is 11.8 Å². The summed E-state index contributed by atoms with van der Waals surface area (Å²) in [6.07, 6.45) is 2.04. The smallest absolute Gasteiger partial charge is 0.268 e. The van der Waals surface area contributed by atoms with E-state index in [2.05, 4.69) is 10.6 Å². The molecule has 0 aliphatic carbocycles. The van der Waals surface area contributed by atoms with Gasteiger partial charge in [0.05, 0.1) is 16.1 Å². The molecule has 1 atom stereocenters. The molecule has 5 nitrogen and oxygen atoms in total. The van der Waals surface area contributed by atoms with E-state index in [-0.39, 0.29) is 30.3 Å². The first-order valence-electron chi connectivity index (χ1n) is 8.09. The molecule has 2 N–H and O–H groups in total. The molecule has 1 aliphatic heterocycles. The lowest BCUT2D eigenvalue weighted by Crippen LogP contribution is -2.45. The summed E-state index contributed by atoms with van der Waals surface area (Å²) >= 11 is 1.40. The van der Waals surface area contributed by atoms with E-state index >= 15 is 0 Å². The third-order valence-electron chi connectivity index (χ3n) is 4.18. The molecule has 1 aromatic heterocycles. The fourth-order valence-corrected chi connectivity index (χ4v) is 3.57. The van der Waals surface area contributed by atoms with E-state index in [1.165, 1.54) is 11.3 Å². The normalized spacial score (nSPS) is 16.6. The minimum Gasteiger partial charge on any atom is -0.348 e. The number of benzene rings is 1. The molecule has 1 aromatic carbocycles. The van der Waals surface area contributed by atoms with Crippen molar-refractivity contribution in [2.75, 3.05) is 25.0 Å². The summed E-state index contributed by atoms with van der Waals surface area (Å²) in [6, 6.07) is 11.0. The van der Waals surface area contributed by atoms with Crippen molar-refractivity contribution in [3.63, 3.8) is 0 Å². The van der Waals surface area contributed by atoms with Crippen molar-refractivity contribution >= 4 is 41.2 Å². The van der Waals surface area contributed by atoms with E-state index in [9.17, 15) is 9.59 Å². The number of nitrogens with one attached hydrogen (secondary N) is 2. The lowest BCUT2D eigenvalue weighted by Gasteiger charge is -2.25. The maximum Gasteiger partial charge on any atom is 0.268 e. The Morgan fingerprint density at radius 3 is 2.72 bits per heavy atom. The Hall–Kier alpha value is -1.89. The van der Waals surface area contributed by atoms with Gasteiger partial charge in [-0.15, -0.1) is 23.7 Å². The Morgan fingerprint density at radius 2 is 2.04 bits per heavy atom. The van der Waals surface area contributed by atoms with Crippen molar-refractivity contribution in [3.05, 3.63) is 52.2 Å². The number of piperidine rings is 1. The molecule has 0 spiro atoms. The highest BCUT2D eigenvalue weighted by Crippen LogP contribution is 2.23. The van der Waals surface area contributed by atoms with Gasteiger partial charge >= 0.3 is 0 Å². The van der Waals surface area contributed by atoms with Crippen molar-refractivity contribution < 1.29 is 9.59 Å². The Morgan fingerprint density at radius 1 is 1.24 bits per heavy atom. The van der Waals surface area contributed by atoms with Crippen LogP contribution in [0.1, 0.15) is 32.9 Å². The third kappa shape index (κ3) is 4.60. The lowest BCUT2D eigenvalue weighted by atomic mass is 10.1. The molecule has 25 heavy (non-hydrogen) atoms. The summed E-state index contributed by atoms with van der Waals surface area (Å²) in [5.41, 5.74) is 1.15. The average Bonchev–Trinajstić information content (AvgIpc) is 3.16. The van der Waals surface area contributed by atoms with Gasteiger partial charge in [-0.1, -0.05) is 18.2 Å². The van der Waals surface area contributed by atoms with Gasteiger partial charge in [-0.2, -0.15) is 0 Å². The Bertz CT molecular complexity index is 715. The predicted octanol–water partition coefficient (Wildman–Crippen LogP) is 2.93. The maximum atomic E-state index is 12.7. The summed E-state index contributed by atoms with van der Waals surface area (Å²) in [4.78, 5) is 27.4. The van der Waals surface area contributed by atoms with Crippen LogP contribution >= 0.6 is 23.7 Å². The highest BCUT2D eigenvalue weighted by molar-refractivity contribution is 7.12. The van der Waals surface area contributed by atoms with Crippen LogP contribution in [0.2, 0.25) is 0 Å². The summed E-state index contributed by atoms with van der Waals surface area (Å²) in [5.74, 6) is -0.241. The number of halogens is 1. The monoisotopic (exact) mass is 379 g/mol. The number of rotatable bonds is 4. The Labute approximate surface area is 157 Å². The topological polar surface area (TPSA) is 61.4 Å². The number of amides is 2. The number of hydrogen-bond donors (Lipinski definition) is 2. The van der Waals surface area contributed by atoms with E-state index < -0.39 is 0 Å². The first-order valence-corrected chi connectivity index (χ1v) is 8.97. The van der Waals surface area contributed by atoms with Crippen LogP contribution in [0, 0.1) is 0 Å². The molecular weight excluding hydrogens is 358 g/mol. The van der Waals surface area contributed by atoms with E-state index in [0.717, 1.165) is 25.9 Å². The molecule has 1 saturated heterocycles. The molecule has 7 heteroatoms. The quantitative estimate of drug-likeness (QED) is 0.858. The first-order chi connectivity index (χ1) is 11.7. The molecule has 1 aliphatic rings. The second kappa shape index (κ2) is 8.99. The van der Waals surface area contributed by atoms with Crippen molar-refractivity contribution in [1.82, 2.24) is 10.6 Å². The van der Waals surface area contributed by atoms with E-state index in [0.29, 0.717) is 16.1 Å². The standard InChI is InChI=1S/C18H21N3O2S.ClH/c1-21(18(23)16-9-5-11-24-16)15-8-3-2-7-14(15)17(22)20-13-6-4-10-19-12-13;/h2-3,5,7-9,11,13,19H,4,6,10,12H2,1H3,(H,20,22);1H/t13-;/m0./s1. The highest BCUT2D eigenvalue weighted by Gasteiger charge is 2.22. The molecule has 2 heterocycles. The van der Waals surface area contributed by atoms with E-state index in [4.69, 9.17) is 0 Å². The third-order valence-corrected chi connectivity index (χ3v) is 5.04. The second-order valence-corrected chi connectivity index (χ2v) is 6.82. The number of carbonyl (C=O) groups is 2. The van der Waals surface area contributed by atoms with Crippen LogP contribution in [0.25, 0.3) is 0 Å². The van der Waals surface area contributed by atoms with Gasteiger partial charge in [0.2, 0.25) is 0 Å². The number of thiophene rings is 1. The molecule has 2 amide bonds. The van der Waals surface area contributed by atoms with Crippen LogP contribution in [0.3, 0.4) is 0 Å². The Kier molecular flexibility index (Phi) is 6.99. The van der Waals surface area contributed by atoms with Crippen molar-refractivity contribution in [3.8, 4) is 0 Å². The largest absolute Gasteiger partial charge is 0.348 e. The number of carbonyl (C=O) groups excluding carboxylic acids is 2. The first kappa shape index (κ1) is 19.4. The van der Waals surface area contributed by atoms with Gasteiger partial charge in [0.1, 0.15) is 0 Å². The zero-order valence-electron chi connectivity index (χ0n) is 14.0. The fraction of sp³-hybridized carbons (Fsp3) is 0.333. The Balaban J connectivity index is 0.00000225. The number of hydrogen-bond acceptors (Lipinski definition) is 4. The van der Waals surface area contributed by atoms with Crippen molar-refractivity contribution in [2.45, 2.75) is 18.9 Å². The maximum absolute atomic E-state index is 12.7. The van der Waals surface area contributed by atoms with Crippen molar-refractivity contribution in [1.29, 1.82) is 0 Å². The number of para-hydroxylation sites is 1. The number of anilines is 1. The molecule has 1 fully saturated rings. The van der Waals surface area contributed by atoms with Gasteiger partial charge in [-0.05, 0) is 43.0 Å². The van der Waals surface area contributed by atoms with Gasteiger partial charge < -0.3 is 15.5 Å². The lowest BCUT2D eigenvalue weighted by molar-refractivity contribution is 0.0931. The molecule has 0 saturated carbocycles. The van der Waals surface area contributed by atoms with Gasteiger partial charge in [-0.25, -0.2) is 0 Å². The van der Waals surface area contributed by atoms with Gasteiger partial charge in [0, 0.05) is 19.6 Å². The molecule has 134 valence electrons. The summed E-state index contributed by atoms with van der Waals surface area (Å²) in [6.45, 7) is 1.79. The summed E-state index contributed by atoms with van der Waals surface area (Å²) in [7, 11) is 1.70. The molecule has 3 rings (SSSR count). The zero-order valence-corrected chi connectivity index (χ0v) is 15.7. The summed E-state index contributed by atoms with van der Waals surface area (Å²) < 4.78 is 0. The fourth-order valence-electron chi connectivity index (χ4n) is 2.87. The van der Waals surface area contributed by atoms with Gasteiger partial charge in [-0.3, -0.25) is 9.59 Å². The van der Waals surface area contributed by atoms with Crippen LogP contribution in [-0.4, -0.2) is 38.0 Å². The average molecular weight is 380 g/mol. The van der Waals surface area contributed by atoms with Gasteiger partial charge in [0.15, 0.2) is 0 Å². The minimum absolute atomic E-state index is 0. The molecule has 0 bridgehead atoms. The molecule has 2 aromatic rings. The van der Waals surface area contributed by atoms with Crippen molar-refractivity contribution in [2.24, 2.45) is 0 Å². The zero-order chi connectivity index (χ0) is 16.9. The minimum atomic E-state index is -0.134. The summed E-state index contributed by atoms with van der Waals surface area (Å²) in [5, 5.41) is 8.23. The molecule has 0 radical (unpaired) electrons. The molecule has 0 unspecified atom stereocenters. The van der Waals surface area contributed by atoms with E-state index in [1.807, 2.05) is 23.6 Å². The van der Waals surface area contributed by atoms with Crippen LogP contribution in [-0.2, 0) is 0 Å². The van der Waals surface area contributed by atoms with E-state index in [1.54, 1.807) is 30.1 Å². The highest BCUT2D eigenvalue weighted by atomic mass is 35.5. The van der Waals surface area contributed by atoms with Crippen LogP contribution < -0.4 is 15.5 Å². The van der Waals surface area contributed by atoms with Crippen LogP contribution in [0.15, 0.2) is 41.8 Å². The predicted molar refractivity (Wildman–Crippen MR) is 104 cm³/mol.